The van der Waals surface area contributed by atoms with Gasteiger partial charge in [0.25, 0.3) is 5.88 Å². The van der Waals surface area contributed by atoms with Crippen LogP contribution in [0.2, 0.25) is 0 Å². The molecule has 0 unspecified atom stereocenters. The number of imidazole rings is 1. The molecule has 0 saturated heterocycles. The Bertz CT molecular complexity index is 449. The van der Waals surface area contributed by atoms with E-state index >= 15 is 0 Å². The smallest absolute Gasteiger partial charge is 0.426 e. The highest BCUT2D eigenvalue weighted by atomic mass is 16.6. The first-order valence-corrected chi connectivity index (χ1v) is 6.09. The zero-order valence-corrected chi connectivity index (χ0v) is 10.6. The Kier molecular flexibility index (Phi) is 3.51. The second-order valence-electron chi connectivity index (χ2n) is 4.76. The van der Waals surface area contributed by atoms with Gasteiger partial charge in [-0.3, -0.25) is 4.57 Å². The van der Waals surface area contributed by atoms with Crippen molar-refractivity contribution in [2.75, 3.05) is 0 Å². The van der Waals surface area contributed by atoms with Crippen LogP contribution in [0.15, 0.2) is 0 Å². The lowest BCUT2D eigenvalue weighted by Gasteiger charge is -2.26. The summed E-state index contributed by atoms with van der Waals surface area (Å²) in [6.45, 7) is 1.72. The number of nitro groups is 1. The van der Waals surface area contributed by atoms with Crippen molar-refractivity contribution in [2.24, 2.45) is 12.8 Å². The van der Waals surface area contributed by atoms with Crippen LogP contribution in [0.25, 0.3) is 0 Å². The van der Waals surface area contributed by atoms with Crippen molar-refractivity contribution < 1.29 is 9.66 Å². The van der Waals surface area contributed by atoms with Gasteiger partial charge < -0.3 is 20.6 Å². The van der Waals surface area contributed by atoms with E-state index in [4.69, 9.17) is 10.5 Å². The fraction of sp³-hybridized carbons (Fsp3) is 0.727. The van der Waals surface area contributed by atoms with E-state index in [0.717, 1.165) is 25.7 Å². The van der Waals surface area contributed by atoms with E-state index in [0.29, 0.717) is 5.82 Å². The second-order valence-corrected chi connectivity index (χ2v) is 4.76. The van der Waals surface area contributed by atoms with Crippen molar-refractivity contribution in [1.82, 2.24) is 9.55 Å². The van der Waals surface area contributed by atoms with Gasteiger partial charge in [0, 0.05) is 20.0 Å². The Balaban J connectivity index is 2.15. The normalized spacial score (nSPS) is 23.9. The molecule has 1 aromatic heterocycles. The van der Waals surface area contributed by atoms with Crippen LogP contribution < -0.4 is 10.5 Å². The van der Waals surface area contributed by atoms with E-state index in [1.165, 1.54) is 0 Å². The Labute approximate surface area is 105 Å². The van der Waals surface area contributed by atoms with Crippen molar-refractivity contribution in [3.63, 3.8) is 0 Å². The van der Waals surface area contributed by atoms with Crippen LogP contribution in [0, 0.1) is 17.0 Å². The minimum Gasteiger partial charge on any atom is -0.469 e. The molecule has 7 nitrogen and oxygen atoms in total. The third-order valence-corrected chi connectivity index (χ3v) is 3.42. The highest BCUT2D eigenvalue weighted by Crippen LogP contribution is 2.30. The van der Waals surface area contributed by atoms with Crippen molar-refractivity contribution in [3.05, 3.63) is 15.9 Å². The number of rotatable bonds is 3. The van der Waals surface area contributed by atoms with Gasteiger partial charge in [-0.05, 0) is 35.6 Å². The minimum atomic E-state index is -0.503. The number of aromatic nitrogens is 2. The standard InChI is InChI=1S/C11H18N4O3/c1-7-13-10(15(16)17)11(14(7)2)18-9-5-3-8(12)4-6-9/h8-9H,3-6,12H2,1-2H3. The van der Waals surface area contributed by atoms with E-state index in [1.54, 1.807) is 18.5 Å². The van der Waals surface area contributed by atoms with Crippen molar-refractivity contribution >= 4 is 5.82 Å². The fourth-order valence-electron chi connectivity index (χ4n) is 2.19. The van der Waals surface area contributed by atoms with Crippen molar-refractivity contribution in [1.29, 1.82) is 0 Å². The van der Waals surface area contributed by atoms with Gasteiger partial charge in [-0.2, -0.15) is 0 Å². The molecule has 1 aromatic rings. The Morgan fingerprint density at radius 1 is 1.44 bits per heavy atom. The number of nitrogens with two attached hydrogens (primary N) is 1. The second kappa shape index (κ2) is 4.93. The lowest BCUT2D eigenvalue weighted by Crippen LogP contribution is -2.32. The third-order valence-electron chi connectivity index (χ3n) is 3.42. The molecule has 0 amide bonds. The molecular weight excluding hydrogens is 236 g/mol. The average Bonchev–Trinajstić information content (AvgIpc) is 2.60. The molecule has 0 atom stereocenters. The monoisotopic (exact) mass is 254 g/mol. The van der Waals surface area contributed by atoms with Crippen LogP contribution in [0.1, 0.15) is 31.5 Å². The zero-order chi connectivity index (χ0) is 13.3. The third kappa shape index (κ3) is 2.45. The molecule has 18 heavy (non-hydrogen) atoms. The highest BCUT2D eigenvalue weighted by molar-refractivity contribution is 5.36. The van der Waals surface area contributed by atoms with E-state index < -0.39 is 4.92 Å². The summed E-state index contributed by atoms with van der Waals surface area (Å²) in [5.74, 6) is 0.618. The number of hydrogen-bond donors (Lipinski definition) is 1. The van der Waals surface area contributed by atoms with Gasteiger partial charge in [0.05, 0.1) is 0 Å². The number of ether oxygens (including phenoxy) is 1. The summed E-state index contributed by atoms with van der Waals surface area (Å²) in [6, 6.07) is 0.230. The maximum Gasteiger partial charge on any atom is 0.426 e. The summed E-state index contributed by atoms with van der Waals surface area (Å²) in [5.41, 5.74) is 5.82. The SMILES string of the molecule is Cc1nc([N+](=O)[O-])c(OC2CCC(N)CC2)n1C. The highest BCUT2D eigenvalue weighted by Gasteiger charge is 2.29. The van der Waals surface area contributed by atoms with E-state index in [-0.39, 0.29) is 23.8 Å². The molecule has 1 heterocycles. The maximum absolute atomic E-state index is 10.9. The van der Waals surface area contributed by atoms with Gasteiger partial charge >= 0.3 is 5.82 Å². The first-order valence-electron chi connectivity index (χ1n) is 6.09. The van der Waals surface area contributed by atoms with Crippen LogP contribution in [-0.4, -0.2) is 26.6 Å². The minimum absolute atomic E-state index is 0.00157. The molecule has 0 bridgehead atoms. The summed E-state index contributed by atoms with van der Waals surface area (Å²) in [7, 11) is 1.72. The first-order chi connectivity index (χ1) is 8.49. The summed E-state index contributed by atoms with van der Waals surface area (Å²) in [4.78, 5) is 14.3. The molecule has 2 rings (SSSR count). The Morgan fingerprint density at radius 2 is 2.06 bits per heavy atom. The summed E-state index contributed by atoms with van der Waals surface area (Å²) < 4.78 is 7.37. The van der Waals surface area contributed by atoms with Crippen LogP contribution in [0.5, 0.6) is 5.88 Å². The van der Waals surface area contributed by atoms with Crippen LogP contribution >= 0.6 is 0 Å². The lowest BCUT2D eigenvalue weighted by molar-refractivity contribution is -0.390. The molecule has 1 aliphatic rings. The Hall–Kier alpha value is -1.63. The topological polar surface area (TPSA) is 96.2 Å². The number of hydrogen-bond acceptors (Lipinski definition) is 5. The molecule has 1 saturated carbocycles. The average molecular weight is 254 g/mol. The molecule has 7 heteroatoms. The number of nitrogens with zero attached hydrogens (tertiary/aromatic N) is 3. The van der Waals surface area contributed by atoms with Crippen LogP contribution in [0.3, 0.4) is 0 Å². The molecule has 1 aliphatic carbocycles. The predicted molar refractivity (Wildman–Crippen MR) is 65.5 cm³/mol. The van der Waals surface area contributed by atoms with Gasteiger partial charge in [-0.25, -0.2) is 0 Å². The fourth-order valence-corrected chi connectivity index (χ4v) is 2.19. The summed E-state index contributed by atoms with van der Waals surface area (Å²) in [6.07, 6.45) is 3.47. The van der Waals surface area contributed by atoms with Gasteiger partial charge in [-0.1, -0.05) is 0 Å². The lowest BCUT2D eigenvalue weighted by atomic mass is 9.94. The number of aryl methyl sites for hydroxylation is 1. The van der Waals surface area contributed by atoms with E-state index in [2.05, 4.69) is 4.98 Å². The molecule has 100 valence electrons. The zero-order valence-electron chi connectivity index (χ0n) is 10.6. The molecule has 0 aliphatic heterocycles. The molecule has 0 spiro atoms. The molecule has 2 N–H and O–H groups in total. The van der Waals surface area contributed by atoms with Crippen molar-refractivity contribution in [3.8, 4) is 5.88 Å². The first kappa shape index (κ1) is 12.8. The summed E-state index contributed by atoms with van der Waals surface area (Å²) >= 11 is 0. The molecule has 0 aromatic carbocycles. The Morgan fingerprint density at radius 3 is 2.61 bits per heavy atom. The largest absolute Gasteiger partial charge is 0.469 e. The van der Waals surface area contributed by atoms with Gasteiger partial charge in [0.2, 0.25) is 5.82 Å². The molecule has 1 fully saturated rings. The van der Waals surface area contributed by atoms with Gasteiger partial charge in [0.1, 0.15) is 6.10 Å². The molecule has 0 radical (unpaired) electrons. The van der Waals surface area contributed by atoms with Crippen LogP contribution in [0.4, 0.5) is 5.82 Å². The van der Waals surface area contributed by atoms with E-state index in [1.807, 2.05) is 0 Å². The predicted octanol–water partition coefficient (Wildman–Crippen LogP) is 1.29. The van der Waals surface area contributed by atoms with Crippen molar-refractivity contribution in [2.45, 2.75) is 44.8 Å². The van der Waals surface area contributed by atoms with Gasteiger partial charge in [0.15, 0.2) is 0 Å². The summed E-state index contributed by atoms with van der Waals surface area (Å²) in [5, 5.41) is 10.9. The van der Waals surface area contributed by atoms with Gasteiger partial charge in [-0.15, -0.1) is 0 Å². The quantitative estimate of drug-likeness (QED) is 0.647. The van der Waals surface area contributed by atoms with E-state index in [9.17, 15) is 10.1 Å². The van der Waals surface area contributed by atoms with Crippen LogP contribution in [-0.2, 0) is 7.05 Å². The molecular formula is C11H18N4O3. The maximum atomic E-state index is 10.9.